The molecule has 186 valence electrons. The first-order valence-corrected chi connectivity index (χ1v) is 11.3. The Bertz CT molecular complexity index is 1200. The van der Waals surface area contributed by atoms with Crippen LogP contribution in [0.25, 0.3) is 0 Å². The smallest absolute Gasteiger partial charge is 0.182 e. The number of benzene rings is 3. The molecule has 0 bridgehead atoms. The van der Waals surface area contributed by atoms with Crippen molar-refractivity contribution in [2.24, 2.45) is 0 Å². The van der Waals surface area contributed by atoms with Gasteiger partial charge in [-0.2, -0.15) is 0 Å². The van der Waals surface area contributed by atoms with Crippen LogP contribution in [-0.4, -0.2) is 47.5 Å². The van der Waals surface area contributed by atoms with Crippen molar-refractivity contribution in [2.45, 2.75) is 25.2 Å². The van der Waals surface area contributed by atoms with E-state index in [1.807, 2.05) is 19.1 Å². The van der Waals surface area contributed by atoms with Gasteiger partial charge in [0.25, 0.3) is 0 Å². The predicted octanol–water partition coefficient (Wildman–Crippen LogP) is 4.57. The molecular formula is C26H28F3N3O3. The Labute approximate surface area is 202 Å². The molecule has 35 heavy (non-hydrogen) atoms. The van der Waals surface area contributed by atoms with Gasteiger partial charge in [0.05, 0.1) is 18.5 Å². The third-order valence-corrected chi connectivity index (χ3v) is 6.14. The number of ether oxygens (including phenoxy) is 1. The molecule has 1 aliphatic rings. The van der Waals surface area contributed by atoms with Crippen LogP contribution in [0.5, 0.6) is 5.75 Å². The van der Waals surface area contributed by atoms with Crippen molar-refractivity contribution in [2.75, 3.05) is 37.4 Å². The highest BCUT2D eigenvalue weighted by Gasteiger charge is 2.44. The summed E-state index contributed by atoms with van der Waals surface area (Å²) in [6.45, 7) is 2.26. The van der Waals surface area contributed by atoms with Gasteiger partial charge in [-0.25, -0.2) is 13.2 Å². The molecule has 4 N–H and O–H groups in total. The Kier molecular flexibility index (Phi) is 7.20. The molecule has 0 aliphatic carbocycles. The van der Waals surface area contributed by atoms with Gasteiger partial charge >= 0.3 is 0 Å². The fourth-order valence-corrected chi connectivity index (χ4v) is 4.11. The van der Waals surface area contributed by atoms with Crippen LogP contribution in [-0.2, 0) is 6.42 Å². The minimum Gasteiger partial charge on any atom is -0.497 e. The Balaban J connectivity index is 1.47. The predicted molar refractivity (Wildman–Crippen MR) is 128 cm³/mol. The molecule has 3 aromatic carbocycles. The summed E-state index contributed by atoms with van der Waals surface area (Å²) in [4.78, 5) is 1.52. The highest BCUT2D eigenvalue weighted by Crippen LogP contribution is 2.37. The first kappa shape index (κ1) is 24.8. The fourth-order valence-electron chi connectivity index (χ4n) is 4.11. The molecule has 0 amide bonds. The van der Waals surface area contributed by atoms with Crippen LogP contribution in [0, 0.1) is 17.5 Å². The lowest BCUT2D eigenvalue weighted by Gasteiger charge is -2.49. The van der Waals surface area contributed by atoms with Crippen molar-refractivity contribution < 1.29 is 28.1 Å². The third-order valence-electron chi connectivity index (χ3n) is 6.14. The SMILES string of the molecule is CCc1ccc(Nc2c(C(O)N3CC(O)(CNc4cccc(OC)c4)C3)ccc(F)c2F)c(F)c1. The van der Waals surface area contributed by atoms with Gasteiger partial charge < -0.3 is 25.6 Å². The van der Waals surface area contributed by atoms with Crippen LogP contribution in [0.4, 0.5) is 30.2 Å². The van der Waals surface area contributed by atoms with E-state index >= 15 is 0 Å². The van der Waals surface area contributed by atoms with E-state index in [0.717, 1.165) is 17.3 Å². The maximum absolute atomic E-state index is 14.7. The summed E-state index contributed by atoms with van der Waals surface area (Å²) in [7, 11) is 1.56. The summed E-state index contributed by atoms with van der Waals surface area (Å²) in [5.74, 6) is -2.30. The second kappa shape index (κ2) is 10.2. The monoisotopic (exact) mass is 487 g/mol. The molecule has 1 unspecified atom stereocenters. The number of likely N-dealkylation sites (tertiary alicyclic amines) is 1. The van der Waals surface area contributed by atoms with E-state index in [0.29, 0.717) is 12.2 Å². The zero-order valence-corrected chi connectivity index (χ0v) is 19.5. The Morgan fingerprint density at radius 3 is 2.51 bits per heavy atom. The molecule has 0 saturated carbocycles. The fraction of sp³-hybridized carbons (Fsp3) is 0.308. The highest BCUT2D eigenvalue weighted by atomic mass is 19.2. The van der Waals surface area contributed by atoms with E-state index in [1.54, 1.807) is 25.3 Å². The molecule has 1 saturated heterocycles. The average molecular weight is 488 g/mol. The van der Waals surface area contributed by atoms with Crippen LogP contribution in [0.3, 0.4) is 0 Å². The number of nitrogens with one attached hydrogen (secondary N) is 2. The molecule has 6 nitrogen and oxygen atoms in total. The lowest BCUT2D eigenvalue weighted by atomic mass is 9.92. The molecule has 1 heterocycles. The van der Waals surface area contributed by atoms with Crippen LogP contribution in [0.1, 0.15) is 24.3 Å². The molecule has 1 atom stereocenters. The first-order valence-electron chi connectivity index (χ1n) is 11.3. The highest BCUT2D eigenvalue weighted by molar-refractivity contribution is 5.65. The molecular weight excluding hydrogens is 459 g/mol. The summed E-state index contributed by atoms with van der Waals surface area (Å²) in [6, 6.07) is 13.9. The molecule has 1 fully saturated rings. The van der Waals surface area contributed by atoms with Crippen molar-refractivity contribution in [3.05, 3.63) is 83.2 Å². The minimum atomic E-state index is -1.34. The van der Waals surface area contributed by atoms with Gasteiger partial charge in [0.15, 0.2) is 11.6 Å². The molecule has 0 aromatic heterocycles. The maximum atomic E-state index is 14.7. The summed E-state index contributed by atoms with van der Waals surface area (Å²) < 4.78 is 48.4. The van der Waals surface area contributed by atoms with E-state index in [4.69, 9.17) is 4.74 Å². The molecule has 3 aromatic rings. The van der Waals surface area contributed by atoms with Gasteiger partial charge in [-0.3, -0.25) is 4.90 Å². The van der Waals surface area contributed by atoms with Gasteiger partial charge in [-0.05, 0) is 48.4 Å². The molecule has 9 heteroatoms. The maximum Gasteiger partial charge on any atom is 0.182 e. The zero-order valence-electron chi connectivity index (χ0n) is 19.5. The van der Waals surface area contributed by atoms with Crippen molar-refractivity contribution in [1.29, 1.82) is 0 Å². The van der Waals surface area contributed by atoms with Gasteiger partial charge in [0.2, 0.25) is 0 Å². The van der Waals surface area contributed by atoms with Crippen LogP contribution < -0.4 is 15.4 Å². The third kappa shape index (κ3) is 5.37. The summed E-state index contributed by atoms with van der Waals surface area (Å²) in [5.41, 5.74) is 0.0210. The Morgan fingerprint density at radius 1 is 1.06 bits per heavy atom. The number of rotatable bonds is 9. The number of halogens is 3. The van der Waals surface area contributed by atoms with Crippen molar-refractivity contribution in [3.8, 4) is 5.75 Å². The average Bonchev–Trinajstić information content (AvgIpc) is 2.84. The first-order chi connectivity index (χ1) is 16.7. The zero-order chi connectivity index (χ0) is 25.2. The number of anilines is 3. The second-order valence-electron chi connectivity index (χ2n) is 8.71. The summed E-state index contributed by atoms with van der Waals surface area (Å²) in [6.07, 6.45) is -0.720. The number of β-amino-alcohol motifs (C(OH)–C–C–N with tert-alkyl or cyclic N) is 1. The number of aliphatic hydroxyl groups excluding tert-OH is 1. The number of nitrogens with zero attached hydrogens (tertiary/aromatic N) is 1. The number of aliphatic hydroxyl groups is 2. The van der Waals surface area contributed by atoms with E-state index in [1.165, 1.54) is 23.1 Å². The van der Waals surface area contributed by atoms with Crippen molar-refractivity contribution in [1.82, 2.24) is 4.90 Å². The summed E-state index contributed by atoms with van der Waals surface area (Å²) in [5, 5.41) is 27.4. The lowest BCUT2D eigenvalue weighted by Crippen LogP contribution is -2.65. The topological polar surface area (TPSA) is 77.0 Å². The van der Waals surface area contributed by atoms with Gasteiger partial charge in [-0.15, -0.1) is 0 Å². The molecule has 0 spiro atoms. The summed E-state index contributed by atoms with van der Waals surface area (Å²) >= 11 is 0. The number of hydrogen-bond acceptors (Lipinski definition) is 6. The van der Waals surface area contributed by atoms with Gasteiger partial charge in [0, 0.05) is 37.0 Å². The van der Waals surface area contributed by atoms with Crippen LogP contribution in [0.2, 0.25) is 0 Å². The largest absolute Gasteiger partial charge is 0.497 e. The molecule has 1 aliphatic heterocycles. The van der Waals surface area contributed by atoms with Crippen LogP contribution in [0.15, 0.2) is 54.6 Å². The Morgan fingerprint density at radius 2 is 1.83 bits per heavy atom. The quantitative estimate of drug-likeness (QED) is 0.354. The molecule has 4 rings (SSSR count). The minimum absolute atomic E-state index is 0.0330. The van der Waals surface area contributed by atoms with Gasteiger partial charge in [-0.1, -0.05) is 19.1 Å². The number of hydrogen-bond donors (Lipinski definition) is 4. The molecule has 0 radical (unpaired) electrons. The van der Waals surface area contributed by atoms with Gasteiger partial charge in [0.1, 0.15) is 23.4 Å². The van der Waals surface area contributed by atoms with Crippen molar-refractivity contribution in [3.63, 3.8) is 0 Å². The van der Waals surface area contributed by atoms with E-state index in [2.05, 4.69) is 10.6 Å². The second-order valence-corrected chi connectivity index (χ2v) is 8.71. The van der Waals surface area contributed by atoms with Crippen LogP contribution >= 0.6 is 0 Å². The Hall–Kier alpha value is -3.27. The number of methoxy groups -OCH3 is 1. The number of aryl methyl sites for hydroxylation is 1. The van der Waals surface area contributed by atoms with Crippen molar-refractivity contribution >= 4 is 17.1 Å². The van der Waals surface area contributed by atoms with E-state index < -0.39 is 29.3 Å². The van der Waals surface area contributed by atoms with E-state index in [9.17, 15) is 23.4 Å². The standard InChI is InChI=1S/C26H28F3N3O3/c1-3-16-7-10-22(21(28)11-16)31-24-19(8-9-20(27)23(24)29)25(33)32-14-26(34,15-32)13-30-17-5-4-6-18(12-17)35-2/h4-12,25,30-31,33-34H,3,13-15H2,1-2H3. The lowest BCUT2D eigenvalue weighted by molar-refractivity contribution is -0.155. The normalized spacial score (nSPS) is 15.9. The van der Waals surface area contributed by atoms with E-state index in [-0.39, 0.29) is 36.6 Å².